The molecular formula is C18H24F2O5. The van der Waals surface area contributed by atoms with Crippen LogP contribution in [0.4, 0.5) is 8.78 Å². The second-order valence-electron chi connectivity index (χ2n) is 6.60. The van der Waals surface area contributed by atoms with Crippen molar-refractivity contribution in [3.8, 4) is 5.75 Å². The van der Waals surface area contributed by atoms with Crippen LogP contribution in [0.5, 0.6) is 5.75 Å². The monoisotopic (exact) mass is 358 g/mol. The predicted molar refractivity (Wildman–Crippen MR) is 85.6 cm³/mol. The first-order valence-electron chi connectivity index (χ1n) is 8.48. The molecule has 0 amide bonds. The van der Waals surface area contributed by atoms with Crippen LogP contribution in [0.3, 0.4) is 0 Å². The normalized spacial score (nSPS) is 22.2. The van der Waals surface area contributed by atoms with Crippen LogP contribution in [-0.4, -0.2) is 49.3 Å². The van der Waals surface area contributed by atoms with E-state index in [0.717, 1.165) is 5.56 Å². The van der Waals surface area contributed by atoms with Crippen LogP contribution in [0.15, 0.2) is 24.3 Å². The number of aliphatic hydroxyl groups excluding tert-OH is 1. The van der Waals surface area contributed by atoms with Gasteiger partial charge in [-0.25, -0.2) is 8.78 Å². The second kappa shape index (κ2) is 7.15. The lowest BCUT2D eigenvalue weighted by molar-refractivity contribution is -0.277. The quantitative estimate of drug-likeness (QED) is 0.847. The lowest BCUT2D eigenvalue weighted by atomic mass is 9.77. The van der Waals surface area contributed by atoms with Crippen molar-refractivity contribution in [1.82, 2.24) is 0 Å². The fourth-order valence-electron chi connectivity index (χ4n) is 3.52. The number of rotatable bonds is 6. The van der Waals surface area contributed by atoms with Crippen molar-refractivity contribution in [2.45, 2.75) is 49.6 Å². The minimum atomic E-state index is -3.33. The fraction of sp³-hybridized carbons (Fsp3) is 0.667. The molecule has 7 heteroatoms. The summed E-state index contributed by atoms with van der Waals surface area (Å²) in [6.45, 7) is -0.245. The van der Waals surface area contributed by atoms with E-state index in [0.29, 0.717) is 31.8 Å². The van der Waals surface area contributed by atoms with Crippen LogP contribution in [0.1, 0.15) is 31.2 Å². The molecule has 1 aromatic rings. The third-order valence-electron chi connectivity index (χ3n) is 5.17. The van der Waals surface area contributed by atoms with Crippen LogP contribution in [0, 0.1) is 0 Å². The van der Waals surface area contributed by atoms with Crippen molar-refractivity contribution in [2.24, 2.45) is 0 Å². The average molecular weight is 358 g/mol. The van der Waals surface area contributed by atoms with E-state index in [4.69, 9.17) is 18.9 Å². The molecule has 1 saturated heterocycles. The number of hydrogen-bond acceptors (Lipinski definition) is 5. The topological polar surface area (TPSA) is 57.2 Å². The maximum Gasteiger partial charge on any atom is 0.298 e. The Morgan fingerprint density at radius 3 is 2.20 bits per heavy atom. The zero-order valence-electron chi connectivity index (χ0n) is 14.3. The second-order valence-corrected chi connectivity index (χ2v) is 6.60. The minimum Gasteiger partial charge on any atom is -0.497 e. The molecule has 2 aliphatic rings. The smallest absolute Gasteiger partial charge is 0.298 e. The van der Waals surface area contributed by atoms with Crippen molar-refractivity contribution in [3.05, 3.63) is 29.8 Å². The largest absolute Gasteiger partial charge is 0.497 e. The van der Waals surface area contributed by atoms with Gasteiger partial charge in [-0.15, -0.1) is 0 Å². The van der Waals surface area contributed by atoms with Gasteiger partial charge in [0.1, 0.15) is 18.0 Å². The molecule has 1 aliphatic heterocycles. The van der Waals surface area contributed by atoms with Crippen molar-refractivity contribution in [3.63, 3.8) is 0 Å². The summed E-state index contributed by atoms with van der Waals surface area (Å²) < 4.78 is 51.1. The predicted octanol–water partition coefficient (Wildman–Crippen LogP) is 2.90. The first kappa shape index (κ1) is 18.5. The van der Waals surface area contributed by atoms with E-state index in [2.05, 4.69) is 0 Å². The number of halogens is 2. The summed E-state index contributed by atoms with van der Waals surface area (Å²) >= 11 is 0. The van der Waals surface area contributed by atoms with E-state index < -0.39 is 23.9 Å². The number of ether oxygens (including phenoxy) is 4. The average Bonchev–Trinajstić information content (AvgIpc) is 3.10. The maximum atomic E-state index is 14.5. The van der Waals surface area contributed by atoms with E-state index in [1.54, 1.807) is 31.4 Å². The van der Waals surface area contributed by atoms with E-state index in [-0.39, 0.29) is 19.4 Å². The third kappa shape index (κ3) is 3.65. The Morgan fingerprint density at radius 2 is 1.68 bits per heavy atom. The molecule has 5 nitrogen and oxygen atoms in total. The summed E-state index contributed by atoms with van der Waals surface area (Å²) in [5.74, 6) is -3.41. The van der Waals surface area contributed by atoms with Crippen molar-refractivity contribution in [1.29, 1.82) is 0 Å². The summed E-state index contributed by atoms with van der Waals surface area (Å²) in [6, 6.07) is 7.06. The summed E-state index contributed by atoms with van der Waals surface area (Å²) in [6.07, 6.45) is 0.782. The van der Waals surface area contributed by atoms with Crippen LogP contribution in [-0.2, 0) is 20.8 Å². The highest BCUT2D eigenvalue weighted by Crippen LogP contribution is 2.48. The van der Waals surface area contributed by atoms with Gasteiger partial charge in [0.2, 0.25) is 0 Å². The van der Waals surface area contributed by atoms with Gasteiger partial charge in [-0.2, -0.15) is 0 Å². The molecule has 0 radical (unpaired) electrons. The summed E-state index contributed by atoms with van der Waals surface area (Å²) in [4.78, 5) is 0. The molecule has 0 unspecified atom stereocenters. The van der Waals surface area contributed by atoms with Crippen LogP contribution in [0.25, 0.3) is 0 Å². The molecular weight excluding hydrogens is 334 g/mol. The molecule has 140 valence electrons. The number of aliphatic hydroxyl groups is 1. The van der Waals surface area contributed by atoms with Gasteiger partial charge in [-0.05, 0) is 30.5 Å². The highest BCUT2D eigenvalue weighted by Gasteiger charge is 2.59. The zero-order valence-corrected chi connectivity index (χ0v) is 14.3. The fourth-order valence-corrected chi connectivity index (χ4v) is 3.52. The first-order valence-corrected chi connectivity index (χ1v) is 8.48. The molecule has 0 aromatic heterocycles. The Morgan fingerprint density at radius 1 is 1.08 bits per heavy atom. The Labute approximate surface area is 145 Å². The number of alkyl halides is 2. The lowest BCUT2D eigenvalue weighted by Gasteiger charge is -2.46. The van der Waals surface area contributed by atoms with Crippen molar-refractivity contribution < 1.29 is 32.8 Å². The molecule has 1 aromatic carbocycles. The molecule has 1 spiro atoms. The Kier molecular flexibility index (Phi) is 5.29. The maximum absolute atomic E-state index is 14.5. The van der Waals surface area contributed by atoms with Gasteiger partial charge >= 0.3 is 0 Å². The molecule has 0 bridgehead atoms. The van der Waals surface area contributed by atoms with E-state index in [1.165, 1.54) is 0 Å². The van der Waals surface area contributed by atoms with E-state index in [1.807, 2.05) is 0 Å². The zero-order chi connectivity index (χ0) is 18.0. The Hall–Kier alpha value is -1.28. The molecule has 0 atom stereocenters. The van der Waals surface area contributed by atoms with Gasteiger partial charge in [0.05, 0.1) is 26.9 Å². The highest BCUT2D eigenvalue weighted by molar-refractivity contribution is 5.26. The van der Waals surface area contributed by atoms with Crippen molar-refractivity contribution >= 4 is 0 Å². The molecule has 1 N–H and O–H groups in total. The van der Waals surface area contributed by atoms with Crippen LogP contribution in [0.2, 0.25) is 0 Å². The SMILES string of the molecule is COc1ccc(COC2(C(F)(F)CO)CCC3(CC2)OCCO3)cc1. The molecule has 1 aliphatic carbocycles. The number of methoxy groups -OCH3 is 1. The third-order valence-corrected chi connectivity index (χ3v) is 5.17. The minimum absolute atomic E-state index is 0.0360. The van der Waals surface area contributed by atoms with Gasteiger partial charge < -0.3 is 24.1 Å². The molecule has 25 heavy (non-hydrogen) atoms. The number of benzene rings is 1. The highest BCUT2D eigenvalue weighted by atomic mass is 19.3. The van der Waals surface area contributed by atoms with Gasteiger partial charge in [-0.3, -0.25) is 0 Å². The molecule has 3 rings (SSSR count). The van der Waals surface area contributed by atoms with Crippen molar-refractivity contribution in [2.75, 3.05) is 26.9 Å². The Bertz CT molecular complexity index is 559. The van der Waals surface area contributed by atoms with Gasteiger partial charge in [0, 0.05) is 12.8 Å². The van der Waals surface area contributed by atoms with Crippen LogP contribution < -0.4 is 4.74 Å². The summed E-state index contributed by atoms with van der Waals surface area (Å²) in [7, 11) is 1.56. The number of hydrogen-bond donors (Lipinski definition) is 1. The van der Waals surface area contributed by atoms with Gasteiger partial charge in [0.15, 0.2) is 5.79 Å². The Balaban J connectivity index is 1.71. The summed E-state index contributed by atoms with van der Waals surface area (Å²) in [5.41, 5.74) is -0.954. The van der Waals surface area contributed by atoms with Gasteiger partial charge in [0.25, 0.3) is 5.92 Å². The standard InChI is InChI=1S/C18H24F2O5/c1-22-15-4-2-14(3-5-15)12-25-16(18(19,20)13-21)6-8-17(9-7-16)23-10-11-24-17/h2-5,21H,6-13H2,1H3. The summed E-state index contributed by atoms with van der Waals surface area (Å²) in [5, 5.41) is 9.22. The molecule has 1 heterocycles. The van der Waals surface area contributed by atoms with E-state index in [9.17, 15) is 13.9 Å². The van der Waals surface area contributed by atoms with Gasteiger partial charge in [-0.1, -0.05) is 12.1 Å². The van der Waals surface area contributed by atoms with E-state index >= 15 is 0 Å². The molecule has 2 fully saturated rings. The lowest BCUT2D eigenvalue weighted by Crippen LogP contribution is -2.57. The molecule has 1 saturated carbocycles. The van der Waals surface area contributed by atoms with Crippen LogP contribution >= 0.6 is 0 Å². The first-order chi connectivity index (χ1) is 11.9.